The Morgan fingerprint density at radius 3 is 2.55 bits per heavy atom. The molecule has 6 nitrogen and oxygen atoms in total. The van der Waals surface area contributed by atoms with Crippen molar-refractivity contribution < 1.29 is 9.90 Å². The van der Waals surface area contributed by atoms with E-state index in [1.54, 1.807) is 4.68 Å². The lowest BCUT2D eigenvalue weighted by Crippen LogP contribution is -2.17. The Balaban J connectivity index is 2.43. The minimum absolute atomic E-state index is 0.0744. The first-order valence-corrected chi connectivity index (χ1v) is 7.67. The minimum atomic E-state index is -0.808. The zero-order valence-corrected chi connectivity index (χ0v) is 12.6. The van der Waals surface area contributed by atoms with Crippen molar-refractivity contribution in [2.75, 3.05) is 0 Å². The van der Waals surface area contributed by atoms with Crippen molar-refractivity contribution in [1.82, 2.24) is 20.2 Å². The summed E-state index contributed by atoms with van der Waals surface area (Å²) < 4.78 is 1.69. The zero-order chi connectivity index (χ0) is 14.8. The summed E-state index contributed by atoms with van der Waals surface area (Å²) in [4.78, 5) is 10.9. The van der Waals surface area contributed by atoms with Gasteiger partial charge in [-0.05, 0) is 23.3 Å². The number of rotatable bonds is 11. The summed E-state index contributed by atoms with van der Waals surface area (Å²) in [6.45, 7) is 4.17. The van der Waals surface area contributed by atoms with E-state index in [-0.39, 0.29) is 12.5 Å². The Morgan fingerprint density at radius 1 is 1.20 bits per heavy atom. The molecule has 0 amide bonds. The van der Waals surface area contributed by atoms with E-state index in [4.69, 9.17) is 5.11 Å². The van der Waals surface area contributed by atoms with Gasteiger partial charge >= 0.3 is 5.97 Å². The third-order valence-electron chi connectivity index (χ3n) is 3.54. The number of carboxylic acid groups (broad SMARTS) is 1. The van der Waals surface area contributed by atoms with Crippen LogP contribution in [-0.4, -0.2) is 31.3 Å². The molecule has 0 aliphatic rings. The van der Waals surface area contributed by atoms with Crippen molar-refractivity contribution in [3.63, 3.8) is 0 Å². The van der Waals surface area contributed by atoms with Gasteiger partial charge in [-0.3, -0.25) is 4.79 Å². The number of nitrogens with zero attached hydrogens (tertiary/aromatic N) is 4. The molecule has 0 aliphatic carbocycles. The van der Waals surface area contributed by atoms with Crippen LogP contribution in [0, 0.1) is 0 Å². The van der Waals surface area contributed by atoms with Gasteiger partial charge in [0.2, 0.25) is 0 Å². The number of carbonyl (C=O) groups is 1. The Bertz CT molecular complexity index is 392. The number of hydrogen-bond acceptors (Lipinski definition) is 4. The average molecular weight is 282 g/mol. The summed E-state index contributed by atoms with van der Waals surface area (Å²) in [5, 5.41) is 20.6. The van der Waals surface area contributed by atoms with E-state index < -0.39 is 5.97 Å². The van der Waals surface area contributed by atoms with Gasteiger partial charge in [-0.15, -0.1) is 5.10 Å². The smallest absolute Gasteiger partial charge is 0.305 e. The van der Waals surface area contributed by atoms with Crippen molar-refractivity contribution in [2.45, 2.75) is 77.7 Å². The number of aromatic nitrogens is 4. The molecular formula is C14H26N4O2. The first-order valence-electron chi connectivity index (χ1n) is 7.67. The normalized spacial score (nSPS) is 12.5. The molecule has 1 rings (SSSR count). The van der Waals surface area contributed by atoms with E-state index in [0.717, 1.165) is 25.1 Å². The SMILES string of the molecule is CCCCCCCCc1nnnn1C(CC)CC(=O)O. The standard InChI is InChI=1S/C14H26N4O2/c1-3-5-6-7-8-9-10-13-15-16-17-18(13)12(4-2)11-14(19)20/h12H,3-11H2,1-2H3,(H,19,20). The molecule has 0 radical (unpaired) electrons. The van der Waals surface area contributed by atoms with Crippen LogP contribution in [0.3, 0.4) is 0 Å². The number of aryl methyl sites for hydroxylation is 1. The van der Waals surface area contributed by atoms with Gasteiger partial charge in [-0.1, -0.05) is 46.0 Å². The topological polar surface area (TPSA) is 80.9 Å². The monoisotopic (exact) mass is 282 g/mol. The zero-order valence-electron chi connectivity index (χ0n) is 12.6. The van der Waals surface area contributed by atoms with Gasteiger partial charge in [-0.2, -0.15) is 0 Å². The van der Waals surface area contributed by atoms with Gasteiger partial charge < -0.3 is 5.11 Å². The number of hydrogen-bond donors (Lipinski definition) is 1. The highest BCUT2D eigenvalue weighted by Crippen LogP contribution is 2.17. The van der Waals surface area contributed by atoms with E-state index in [9.17, 15) is 4.79 Å². The fourth-order valence-electron chi connectivity index (χ4n) is 2.33. The minimum Gasteiger partial charge on any atom is -0.481 e. The number of unbranched alkanes of at least 4 members (excludes halogenated alkanes) is 5. The predicted molar refractivity (Wildman–Crippen MR) is 76.5 cm³/mol. The number of tetrazole rings is 1. The number of carboxylic acids is 1. The molecule has 1 N–H and O–H groups in total. The second-order valence-electron chi connectivity index (χ2n) is 5.22. The lowest BCUT2D eigenvalue weighted by Gasteiger charge is -2.14. The molecule has 1 aromatic heterocycles. The maximum Gasteiger partial charge on any atom is 0.305 e. The van der Waals surface area contributed by atoms with Crippen molar-refractivity contribution >= 4 is 5.97 Å². The summed E-state index contributed by atoms with van der Waals surface area (Å²) in [5.74, 6) is 0.00598. The molecule has 0 bridgehead atoms. The highest BCUT2D eigenvalue weighted by Gasteiger charge is 2.18. The van der Waals surface area contributed by atoms with E-state index in [0.29, 0.717) is 0 Å². The highest BCUT2D eigenvalue weighted by atomic mass is 16.4. The van der Waals surface area contributed by atoms with Crippen molar-refractivity contribution in [3.8, 4) is 0 Å². The summed E-state index contributed by atoms with van der Waals surface area (Å²) in [5.41, 5.74) is 0. The molecule has 0 saturated carbocycles. The third-order valence-corrected chi connectivity index (χ3v) is 3.54. The third kappa shape index (κ3) is 5.67. The van der Waals surface area contributed by atoms with Gasteiger partial charge in [0.25, 0.3) is 0 Å². The second kappa shape index (κ2) is 9.44. The Morgan fingerprint density at radius 2 is 1.90 bits per heavy atom. The van der Waals surface area contributed by atoms with Gasteiger partial charge in [-0.25, -0.2) is 4.68 Å². The van der Waals surface area contributed by atoms with E-state index >= 15 is 0 Å². The van der Waals surface area contributed by atoms with Crippen LogP contribution < -0.4 is 0 Å². The first-order chi connectivity index (χ1) is 9.69. The maximum absolute atomic E-state index is 10.9. The quantitative estimate of drug-likeness (QED) is 0.631. The molecule has 1 atom stereocenters. The van der Waals surface area contributed by atoms with Crippen LogP contribution in [-0.2, 0) is 11.2 Å². The maximum atomic E-state index is 10.9. The second-order valence-corrected chi connectivity index (χ2v) is 5.22. The fourth-order valence-corrected chi connectivity index (χ4v) is 2.33. The lowest BCUT2D eigenvalue weighted by atomic mass is 10.1. The molecule has 114 valence electrons. The van der Waals surface area contributed by atoms with Crippen molar-refractivity contribution in [3.05, 3.63) is 5.82 Å². The molecule has 6 heteroatoms. The van der Waals surface area contributed by atoms with Crippen LogP contribution in [0.4, 0.5) is 0 Å². The summed E-state index contributed by atoms with van der Waals surface area (Å²) >= 11 is 0. The molecule has 0 aliphatic heterocycles. The Kier molecular flexibility index (Phi) is 7.84. The molecule has 1 heterocycles. The van der Waals surface area contributed by atoms with E-state index in [1.807, 2.05) is 6.92 Å². The highest BCUT2D eigenvalue weighted by molar-refractivity contribution is 5.67. The molecule has 0 saturated heterocycles. The van der Waals surface area contributed by atoms with Crippen LogP contribution >= 0.6 is 0 Å². The fraction of sp³-hybridized carbons (Fsp3) is 0.857. The largest absolute Gasteiger partial charge is 0.481 e. The van der Waals surface area contributed by atoms with Gasteiger partial charge in [0, 0.05) is 6.42 Å². The van der Waals surface area contributed by atoms with Crippen LogP contribution in [0.25, 0.3) is 0 Å². The van der Waals surface area contributed by atoms with E-state index in [2.05, 4.69) is 22.4 Å². The predicted octanol–water partition coefficient (Wildman–Crippen LogP) is 3.00. The summed E-state index contributed by atoms with van der Waals surface area (Å²) in [6.07, 6.45) is 8.97. The molecule has 20 heavy (non-hydrogen) atoms. The average Bonchev–Trinajstić information content (AvgIpc) is 2.88. The van der Waals surface area contributed by atoms with Crippen LogP contribution in [0.15, 0.2) is 0 Å². The van der Waals surface area contributed by atoms with Crippen LogP contribution in [0.2, 0.25) is 0 Å². The van der Waals surface area contributed by atoms with Crippen LogP contribution in [0.5, 0.6) is 0 Å². The van der Waals surface area contributed by atoms with Gasteiger partial charge in [0.15, 0.2) is 5.82 Å². The van der Waals surface area contributed by atoms with Crippen molar-refractivity contribution in [1.29, 1.82) is 0 Å². The Hall–Kier alpha value is -1.46. The lowest BCUT2D eigenvalue weighted by molar-refractivity contribution is -0.138. The van der Waals surface area contributed by atoms with Gasteiger partial charge in [0.1, 0.15) is 0 Å². The van der Waals surface area contributed by atoms with E-state index in [1.165, 1.54) is 32.1 Å². The molecule has 1 unspecified atom stereocenters. The summed E-state index contributed by atoms with van der Waals surface area (Å²) in [7, 11) is 0. The van der Waals surface area contributed by atoms with Crippen molar-refractivity contribution in [2.24, 2.45) is 0 Å². The Labute approximate surface area is 120 Å². The number of aliphatic carboxylic acids is 1. The molecule has 0 fully saturated rings. The molecule has 0 aromatic carbocycles. The summed E-state index contributed by atoms with van der Waals surface area (Å²) in [6, 6.07) is -0.141. The molecule has 1 aromatic rings. The first kappa shape index (κ1) is 16.6. The molecular weight excluding hydrogens is 256 g/mol. The van der Waals surface area contributed by atoms with Crippen LogP contribution in [0.1, 0.15) is 77.1 Å². The van der Waals surface area contributed by atoms with Gasteiger partial charge in [0.05, 0.1) is 12.5 Å². The molecule has 0 spiro atoms.